The number of aryl methyl sites for hydroxylation is 1. The highest BCUT2D eigenvalue weighted by Gasteiger charge is 2.22. The first-order valence-corrected chi connectivity index (χ1v) is 8.48. The van der Waals surface area contributed by atoms with Crippen LogP contribution in [0.4, 0.5) is 11.4 Å². The molecule has 0 aromatic heterocycles. The molecule has 5 heteroatoms. The number of rotatable bonds is 3. The molecule has 0 atom stereocenters. The van der Waals surface area contributed by atoms with E-state index in [0.29, 0.717) is 12.1 Å². The van der Waals surface area contributed by atoms with Crippen molar-refractivity contribution in [2.24, 2.45) is 0 Å². The smallest absolute Gasteiger partial charge is 0.227 e. The van der Waals surface area contributed by atoms with Crippen LogP contribution in [0.2, 0.25) is 0 Å². The summed E-state index contributed by atoms with van der Waals surface area (Å²) >= 11 is 0. The quantitative estimate of drug-likeness (QED) is 0.856. The minimum atomic E-state index is 0. The van der Waals surface area contributed by atoms with Crippen LogP contribution in [0.3, 0.4) is 0 Å². The lowest BCUT2D eigenvalue weighted by atomic mass is 10.1. The van der Waals surface area contributed by atoms with Crippen LogP contribution in [0.15, 0.2) is 42.5 Å². The molecule has 0 aliphatic carbocycles. The van der Waals surface area contributed by atoms with Crippen LogP contribution in [0, 0.1) is 13.8 Å². The molecule has 2 aromatic rings. The molecule has 4 nitrogen and oxygen atoms in total. The zero-order chi connectivity index (χ0) is 17.1. The minimum absolute atomic E-state index is 0. The maximum atomic E-state index is 12.5. The van der Waals surface area contributed by atoms with Gasteiger partial charge in [-0.05, 0) is 48.7 Å². The summed E-state index contributed by atoms with van der Waals surface area (Å²) in [6.45, 7) is 7.62. The van der Waals surface area contributed by atoms with Gasteiger partial charge >= 0.3 is 0 Å². The molecule has 25 heavy (non-hydrogen) atoms. The van der Waals surface area contributed by atoms with Crippen molar-refractivity contribution < 1.29 is 4.79 Å². The Morgan fingerprint density at radius 3 is 2.40 bits per heavy atom. The van der Waals surface area contributed by atoms with Crippen molar-refractivity contribution in [3.05, 3.63) is 59.2 Å². The van der Waals surface area contributed by atoms with E-state index in [0.717, 1.165) is 31.7 Å². The number of carbonyl (C=O) groups excluding carboxylic acids is 1. The Morgan fingerprint density at radius 2 is 1.72 bits per heavy atom. The molecule has 0 spiro atoms. The van der Waals surface area contributed by atoms with E-state index in [1.165, 1.54) is 16.8 Å². The average molecular weight is 360 g/mol. The molecule has 1 amide bonds. The standard InChI is InChI=1S/C20H25N3O.ClH/c1-15-5-3-8-19(16(15)2)22-9-11-23(12-10-22)20(24)14-17-6-4-7-18(21)13-17;/h3-8,13H,9-12,14,21H2,1-2H3;1H. The second-order valence-corrected chi connectivity index (χ2v) is 6.51. The summed E-state index contributed by atoms with van der Waals surface area (Å²) in [7, 11) is 0. The number of nitrogens with zero attached hydrogens (tertiary/aromatic N) is 2. The van der Waals surface area contributed by atoms with Gasteiger partial charge in [0.1, 0.15) is 0 Å². The first kappa shape index (κ1) is 19.1. The van der Waals surface area contributed by atoms with Gasteiger partial charge in [-0.2, -0.15) is 0 Å². The normalized spacial score (nSPS) is 14.2. The van der Waals surface area contributed by atoms with Crippen LogP contribution in [0.1, 0.15) is 16.7 Å². The lowest BCUT2D eigenvalue weighted by Crippen LogP contribution is -2.49. The molecule has 0 bridgehead atoms. The SMILES string of the molecule is Cc1cccc(N2CCN(C(=O)Cc3cccc(N)c3)CC2)c1C.Cl. The summed E-state index contributed by atoms with van der Waals surface area (Å²) in [5, 5.41) is 0. The van der Waals surface area contributed by atoms with Gasteiger partial charge in [-0.3, -0.25) is 4.79 Å². The Kier molecular flexibility index (Phi) is 6.32. The lowest BCUT2D eigenvalue weighted by Gasteiger charge is -2.37. The topological polar surface area (TPSA) is 49.6 Å². The highest BCUT2D eigenvalue weighted by molar-refractivity contribution is 5.85. The number of nitrogen functional groups attached to an aromatic ring is 1. The molecule has 0 unspecified atom stereocenters. The first-order chi connectivity index (χ1) is 11.5. The van der Waals surface area contributed by atoms with E-state index in [2.05, 4.69) is 36.9 Å². The third-order valence-electron chi connectivity index (χ3n) is 4.86. The largest absolute Gasteiger partial charge is 0.399 e. The van der Waals surface area contributed by atoms with Crippen molar-refractivity contribution in [3.63, 3.8) is 0 Å². The van der Waals surface area contributed by atoms with E-state index in [9.17, 15) is 4.79 Å². The lowest BCUT2D eigenvalue weighted by molar-refractivity contribution is -0.130. The van der Waals surface area contributed by atoms with E-state index >= 15 is 0 Å². The molecule has 1 fully saturated rings. The van der Waals surface area contributed by atoms with Crippen molar-refractivity contribution >= 4 is 29.7 Å². The molecular formula is C20H26ClN3O. The zero-order valence-corrected chi connectivity index (χ0v) is 15.7. The summed E-state index contributed by atoms with van der Waals surface area (Å²) < 4.78 is 0. The van der Waals surface area contributed by atoms with Gasteiger partial charge in [0.15, 0.2) is 0 Å². The number of carbonyl (C=O) groups is 1. The van der Waals surface area contributed by atoms with Crippen LogP contribution in [-0.2, 0) is 11.2 Å². The minimum Gasteiger partial charge on any atom is -0.399 e. The van der Waals surface area contributed by atoms with Crippen LogP contribution in [0.25, 0.3) is 0 Å². The van der Waals surface area contributed by atoms with Crippen LogP contribution < -0.4 is 10.6 Å². The van der Waals surface area contributed by atoms with Crippen molar-refractivity contribution in [1.29, 1.82) is 0 Å². The third kappa shape index (κ3) is 4.45. The molecule has 1 aliphatic heterocycles. The molecule has 0 saturated carbocycles. The van der Waals surface area contributed by atoms with Crippen molar-refractivity contribution in [2.75, 3.05) is 36.8 Å². The number of anilines is 2. The average Bonchev–Trinajstić information content (AvgIpc) is 2.57. The monoisotopic (exact) mass is 359 g/mol. The molecular weight excluding hydrogens is 334 g/mol. The van der Waals surface area contributed by atoms with E-state index in [4.69, 9.17) is 5.73 Å². The van der Waals surface area contributed by atoms with Crippen LogP contribution in [-0.4, -0.2) is 37.0 Å². The fourth-order valence-electron chi connectivity index (χ4n) is 3.26. The second-order valence-electron chi connectivity index (χ2n) is 6.51. The Balaban J connectivity index is 0.00000225. The van der Waals surface area contributed by atoms with Crippen LogP contribution in [0.5, 0.6) is 0 Å². The molecule has 134 valence electrons. The Labute approximate surface area is 156 Å². The molecule has 1 aliphatic rings. The van der Waals surface area contributed by atoms with Gasteiger partial charge in [-0.25, -0.2) is 0 Å². The predicted molar refractivity (Wildman–Crippen MR) is 107 cm³/mol. The zero-order valence-electron chi connectivity index (χ0n) is 14.9. The van der Waals surface area contributed by atoms with Gasteiger partial charge in [0.25, 0.3) is 0 Å². The van der Waals surface area contributed by atoms with Gasteiger partial charge in [-0.15, -0.1) is 12.4 Å². The molecule has 3 rings (SSSR count). The second kappa shape index (κ2) is 8.26. The van der Waals surface area contributed by atoms with Gasteiger partial charge in [-0.1, -0.05) is 24.3 Å². The molecule has 2 N–H and O–H groups in total. The van der Waals surface area contributed by atoms with Gasteiger partial charge in [0.2, 0.25) is 5.91 Å². The van der Waals surface area contributed by atoms with Gasteiger partial charge in [0.05, 0.1) is 6.42 Å². The summed E-state index contributed by atoms with van der Waals surface area (Å²) in [6.07, 6.45) is 0.425. The van der Waals surface area contributed by atoms with E-state index in [-0.39, 0.29) is 18.3 Å². The number of nitrogens with two attached hydrogens (primary N) is 1. The summed E-state index contributed by atoms with van der Waals surface area (Å²) in [4.78, 5) is 16.9. The summed E-state index contributed by atoms with van der Waals surface area (Å²) in [5.74, 6) is 0.182. The number of hydrogen-bond donors (Lipinski definition) is 1. The van der Waals surface area contributed by atoms with E-state index < -0.39 is 0 Å². The maximum absolute atomic E-state index is 12.5. The van der Waals surface area contributed by atoms with Gasteiger partial charge < -0.3 is 15.5 Å². The fourth-order valence-corrected chi connectivity index (χ4v) is 3.26. The summed E-state index contributed by atoms with van der Waals surface area (Å²) in [5.41, 5.74) is 11.4. The van der Waals surface area contributed by atoms with E-state index in [1.807, 2.05) is 29.2 Å². The number of benzene rings is 2. The van der Waals surface area contributed by atoms with Crippen molar-refractivity contribution in [2.45, 2.75) is 20.3 Å². The highest BCUT2D eigenvalue weighted by Crippen LogP contribution is 2.24. The number of halogens is 1. The molecule has 2 aromatic carbocycles. The summed E-state index contributed by atoms with van der Waals surface area (Å²) in [6, 6.07) is 14.0. The first-order valence-electron chi connectivity index (χ1n) is 8.48. The molecule has 1 heterocycles. The molecule has 1 saturated heterocycles. The van der Waals surface area contributed by atoms with Gasteiger partial charge in [0, 0.05) is 37.6 Å². The van der Waals surface area contributed by atoms with Crippen LogP contribution >= 0.6 is 12.4 Å². The Hall–Kier alpha value is -2.20. The fraction of sp³-hybridized carbons (Fsp3) is 0.350. The highest BCUT2D eigenvalue weighted by atomic mass is 35.5. The number of hydrogen-bond acceptors (Lipinski definition) is 3. The third-order valence-corrected chi connectivity index (χ3v) is 4.86. The van der Waals surface area contributed by atoms with Crippen molar-refractivity contribution in [1.82, 2.24) is 4.90 Å². The Morgan fingerprint density at radius 1 is 1.04 bits per heavy atom. The number of piperazine rings is 1. The number of amides is 1. The predicted octanol–water partition coefficient (Wildman–Crippen LogP) is 3.20. The molecule has 0 radical (unpaired) electrons. The van der Waals surface area contributed by atoms with Crippen molar-refractivity contribution in [3.8, 4) is 0 Å². The maximum Gasteiger partial charge on any atom is 0.227 e. The van der Waals surface area contributed by atoms with E-state index in [1.54, 1.807) is 0 Å². The Bertz CT molecular complexity index is 739.